The van der Waals surface area contributed by atoms with Gasteiger partial charge in [-0.1, -0.05) is 55.4 Å². The molecule has 0 aliphatic carbocycles. The van der Waals surface area contributed by atoms with Crippen molar-refractivity contribution in [2.75, 3.05) is 79.4 Å². The molecule has 11 rings (SSSR count). The molecule has 78 heavy (non-hydrogen) atoms. The second-order valence-corrected chi connectivity index (χ2v) is 23.6. The summed E-state index contributed by atoms with van der Waals surface area (Å²) in [5, 5.41) is 37.4. The highest BCUT2D eigenvalue weighted by Gasteiger charge is 2.44. The number of aromatic hydroxyl groups is 1. The third kappa shape index (κ3) is 11.5. The number of fused-ring (bicyclic) bond motifs is 2. The molecule has 5 aliphatic heterocycles. The summed E-state index contributed by atoms with van der Waals surface area (Å²) < 4.78 is 12.3. The lowest BCUT2D eigenvalue weighted by molar-refractivity contribution is -0.141. The van der Waals surface area contributed by atoms with Crippen LogP contribution < -0.4 is 30.5 Å². The Balaban J connectivity index is 0.612. The predicted octanol–water partition coefficient (Wildman–Crippen LogP) is 8.08. The fourth-order valence-corrected chi connectivity index (χ4v) is 13.6. The number of aliphatic hydroxyl groups excluding tert-OH is 1. The van der Waals surface area contributed by atoms with Crippen LogP contribution in [0.5, 0.6) is 11.6 Å². The molecule has 2 amide bonds. The van der Waals surface area contributed by atoms with Gasteiger partial charge in [0, 0.05) is 87.4 Å². The maximum atomic E-state index is 14.4. The molecule has 0 saturated carbocycles. The number of amides is 2. The Kier molecular flexibility index (Phi) is 15.9. The Hall–Kier alpha value is -6.83. The molecule has 412 valence electrons. The molecule has 2 aromatic carbocycles. The molecule has 5 saturated heterocycles. The SMILES string of the molecule is Cc1ncsc1-c1ccc([C@H](C)NC(=O)[C@@H]2C[C@@H](O)CN2C(=O)[C@@H](c2cc(N3CCC(CN4CCC(CCOc5cc(N6C7CCC6CN(c6cc(-c8ccccc8O)nnc6N)C7)ccn5)CC4)CC3)no2)C(C)C)cc1. The Labute approximate surface area is 461 Å². The van der Waals surface area contributed by atoms with Crippen molar-refractivity contribution in [2.24, 2.45) is 17.8 Å². The summed E-state index contributed by atoms with van der Waals surface area (Å²) in [5.41, 5.74) is 14.5. The Morgan fingerprint density at radius 3 is 2.33 bits per heavy atom. The maximum Gasteiger partial charge on any atom is 0.243 e. The number of carbonyl (C=O) groups is 2. The van der Waals surface area contributed by atoms with Gasteiger partial charge in [-0.2, -0.15) is 0 Å². The highest BCUT2D eigenvalue weighted by atomic mass is 32.1. The minimum atomic E-state index is -0.801. The van der Waals surface area contributed by atoms with Gasteiger partial charge in [0.25, 0.3) is 0 Å². The van der Waals surface area contributed by atoms with E-state index in [1.54, 1.807) is 28.4 Å². The Morgan fingerprint density at radius 2 is 1.62 bits per heavy atom. The number of hydrogen-bond acceptors (Lipinski definition) is 17. The van der Waals surface area contributed by atoms with E-state index >= 15 is 0 Å². The Morgan fingerprint density at radius 1 is 0.872 bits per heavy atom. The van der Waals surface area contributed by atoms with Crippen LogP contribution in [0.25, 0.3) is 21.7 Å². The van der Waals surface area contributed by atoms with E-state index in [1.165, 1.54) is 0 Å². The molecule has 4 aromatic heterocycles. The number of piperazine rings is 1. The summed E-state index contributed by atoms with van der Waals surface area (Å²) in [6.45, 7) is 15.3. The van der Waals surface area contributed by atoms with Crippen LogP contribution in [0, 0.1) is 24.7 Å². The first-order chi connectivity index (χ1) is 37.8. The number of anilines is 4. The zero-order valence-electron chi connectivity index (χ0n) is 45.3. The van der Waals surface area contributed by atoms with Gasteiger partial charge in [0.05, 0.1) is 46.2 Å². The summed E-state index contributed by atoms with van der Waals surface area (Å²) in [4.78, 5) is 49.6. The number of likely N-dealkylation sites (tertiary alicyclic amines) is 2. The number of rotatable bonds is 17. The fraction of sp³-hybridized carbons (Fsp3) is 0.508. The van der Waals surface area contributed by atoms with Gasteiger partial charge in [-0.3, -0.25) is 9.59 Å². The number of aliphatic hydroxyl groups is 1. The van der Waals surface area contributed by atoms with Gasteiger partial charge in [-0.25, -0.2) is 9.97 Å². The van der Waals surface area contributed by atoms with Crippen molar-refractivity contribution >= 4 is 46.2 Å². The van der Waals surface area contributed by atoms with E-state index in [1.807, 2.05) is 87.9 Å². The second-order valence-electron chi connectivity index (χ2n) is 22.7. The van der Waals surface area contributed by atoms with Crippen LogP contribution in [-0.2, 0) is 9.59 Å². The molecule has 6 aromatic rings. The van der Waals surface area contributed by atoms with Crippen molar-refractivity contribution in [3.8, 4) is 33.3 Å². The van der Waals surface area contributed by atoms with Crippen LogP contribution in [-0.4, -0.2) is 140 Å². The van der Waals surface area contributed by atoms with Gasteiger partial charge < -0.3 is 55.0 Å². The molecule has 2 unspecified atom stereocenters. The number of nitrogens with two attached hydrogens (primary N) is 1. The van der Waals surface area contributed by atoms with Gasteiger partial charge in [0.2, 0.25) is 17.7 Å². The lowest BCUT2D eigenvalue weighted by atomic mass is 9.90. The molecule has 2 bridgehead atoms. The van der Waals surface area contributed by atoms with Gasteiger partial charge in [-0.15, -0.1) is 21.5 Å². The number of ether oxygens (including phenoxy) is 1. The second kappa shape index (κ2) is 23.2. The third-order valence-corrected chi connectivity index (χ3v) is 18.1. The monoisotopic (exact) mass is 1080 g/mol. The van der Waals surface area contributed by atoms with Gasteiger partial charge in [0.15, 0.2) is 17.4 Å². The van der Waals surface area contributed by atoms with E-state index in [4.69, 9.17) is 15.0 Å². The summed E-state index contributed by atoms with van der Waals surface area (Å²) in [5.74, 6) is 2.39. The number of carbonyl (C=O) groups excluding carboxylic acids is 2. The zero-order valence-corrected chi connectivity index (χ0v) is 46.1. The van der Waals surface area contributed by atoms with Crippen LogP contribution in [0.1, 0.15) is 101 Å². The van der Waals surface area contributed by atoms with Gasteiger partial charge in [-0.05, 0) is 125 Å². The van der Waals surface area contributed by atoms with Crippen LogP contribution >= 0.6 is 11.3 Å². The van der Waals surface area contributed by atoms with Crippen molar-refractivity contribution in [1.82, 2.24) is 40.4 Å². The van der Waals surface area contributed by atoms with E-state index < -0.39 is 18.1 Å². The summed E-state index contributed by atoms with van der Waals surface area (Å²) >= 11 is 1.60. The Bertz CT molecular complexity index is 3010. The van der Waals surface area contributed by atoms with E-state index in [0.717, 1.165) is 130 Å². The zero-order chi connectivity index (χ0) is 54.0. The number of phenolic OH excluding ortho intramolecular Hbond substituents is 1. The molecule has 5 fully saturated rings. The maximum absolute atomic E-state index is 14.4. The number of aryl methyl sites for hydroxylation is 1. The molecular weight excluding hydrogens is 1000 g/mol. The third-order valence-electron chi connectivity index (χ3n) is 17.2. The van der Waals surface area contributed by atoms with Crippen molar-refractivity contribution in [3.63, 3.8) is 0 Å². The van der Waals surface area contributed by atoms with Crippen LogP contribution in [0.3, 0.4) is 0 Å². The van der Waals surface area contributed by atoms with Crippen molar-refractivity contribution in [1.29, 1.82) is 0 Å². The number of hydrogen-bond donors (Lipinski definition) is 4. The average Bonchev–Trinajstić information content (AvgIpc) is 4.34. The number of nitrogens with one attached hydrogen (secondary N) is 1. The summed E-state index contributed by atoms with van der Waals surface area (Å²) in [6, 6.07) is 22.9. The highest BCUT2D eigenvalue weighted by molar-refractivity contribution is 7.13. The predicted molar refractivity (Wildman–Crippen MR) is 303 cm³/mol. The molecule has 6 atom stereocenters. The molecule has 0 radical (unpaired) electrons. The first kappa shape index (κ1) is 53.2. The number of phenols is 1. The number of aromatic nitrogens is 5. The number of nitrogens with zero attached hydrogens (tertiary/aromatic N) is 10. The standard InChI is InChI=1S/C59H74N12O6S/c1-36(2)55(59(75)70-34-46(72)28-50(70)58(74)63-37(3)41-9-11-42(12-10-41)56-38(4)62-35-78-56)52-30-53(66-77-52)68-24-18-40(19-25-68)31-67-22-16-39(17-23-67)20-26-76-54-27-43(15-21-61-54)71-44-13-14-45(71)33-69(32-44)49-29-48(64-65-57(49)60)47-7-5-6-8-51(47)73/h5-12,15,21,27,29-30,35-37,39-40,44-46,50,55,72-73H,13-14,16-20,22-26,28,31-34H2,1-4H3,(H2,60,65)(H,63,74)/t37-,44?,45?,46+,50-,55+/m0/s1. The highest BCUT2D eigenvalue weighted by Crippen LogP contribution is 2.41. The molecule has 0 spiro atoms. The van der Waals surface area contributed by atoms with E-state index in [-0.39, 0.29) is 42.5 Å². The quantitative estimate of drug-likeness (QED) is 0.0679. The number of benzene rings is 2. The van der Waals surface area contributed by atoms with Crippen LogP contribution in [0.4, 0.5) is 23.0 Å². The minimum Gasteiger partial charge on any atom is -0.507 e. The normalized spacial score (nSPS) is 22.1. The number of β-amino-alcohol motifs (C(OH)–C–C–N with tert-alkyl or cyclic N) is 1. The lowest BCUT2D eigenvalue weighted by Gasteiger charge is -2.43. The molecule has 18 nitrogen and oxygen atoms in total. The van der Waals surface area contributed by atoms with Crippen molar-refractivity contribution in [3.05, 3.63) is 102 Å². The summed E-state index contributed by atoms with van der Waals surface area (Å²) in [7, 11) is 0. The van der Waals surface area contributed by atoms with Gasteiger partial charge >= 0.3 is 0 Å². The minimum absolute atomic E-state index is 0.0864. The first-order valence-electron chi connectivity index (χ1n) is 28.1. The number of para-hydroxylation sites is 1. The summed E-state index contributed by atoms with van der Waals surface area (Å²) in [6.07, 6.45) is 8.86. The smallest absolute Gasteiger partial charge is 0.243 e. The first-order valence-corrected chi connectivity index (χ1v) is 29.0. The lowest BCUT2D eigenvalue weighted by Crippen LogP contribution is -2.54. The van der Waals surface area contributed by atoms with Gasteiger partial charge in [0.1, 0.15) is 17.7 Å². The average molecular weight is 1080 g/mol. The number of pyridine rings is 1. The van der Waals surface area contributed by atoms with Crippen LogP contribution in [0.15, 0.2) is 89.0 Å². The van der Waals surface area contributed by atoms with E-state index in [2.05, 4.69) is 62.4 Å². The van der Waals surface area contributed by atoms with Crippen LogP contribution in [0.2, 0.25) is 0 Å². The van der Waals surface area contributed by atoms with Crippen molar-refractivity contribution in [2.45, 2.75) is 115 Å². The van der Waals surface area contributed by atoms with Crippen molar-refractivity contribution < 1.29 is 29.1 Å². The van der Waals surface area contributed by atoms with E-state index in [0.29, 0.717) is 59.2 Å². The molecule has 5 N–H and O–H groups in total. The fourth-order valence-electron chi connectivity index (χ4n) is 12.8. The molecular formula is C59H74N12O6S. The molecule has 9 heterocycles. The number of thiazole rings is 1. The molecule has 19 heteroatoms. The largest absolute Gasteiger partial charge is 0.507 e. The van der Waals surface area contributed by atoms with E-state index in [9.17, 15) is 19.8 Å². The topological polar surface area (TPSA) is 216 Å². The number of piperidine rings is 2. The molecule has 5 aliphatic rings. The number of nitrogen functional groups attached to an aromatic ring is 1.